The zero-order chi connectivity index (χ0) is 23.0. The fourth-order valence-corrected chi connectivity index (χ4v) is 7.04. The normalized spacial score (nSPS) is 18.0. The summed E-state index contributed by atoms with van der Waals surface area (Å²) in [5.74, 6) is 0.817. The number of hydrogen-bond acceptors (Lipinski definition) is 4. The van der Waals surface area contributed by atoms with Crippen molar-refractivity contribution in [1.29, 1.82) is 0 Å². The minimum absolute atomic E-state index is 0.0700. The highest BCUT2D eigenvalue weighted by Crippen LogP contribution is 2.46. The number of carbonyl (C=O) groups excluding carboxylic acids is 2. The Labute approximate surface area is 214 Å². The molecule has 2 aliphatic heterocycles. The Morgan fingerprint density at radius 2 is 1.59 bits per heavy atom. The van der Waals surface area contributed by atoms with Crippen LogP contribution in [-0.2, 0) is 9.59 Å². The second-order valence-corrected chi connectivity index (χ2v) is 13.3. The first-order valence-electron chi connectivity index (χ1n) is 11.0. The van der Waals surface area contributed by atoms with Crippen LogP contribution < -0.4 is 5.32 Å². The Hall–Kier alpha value is -1.22. The summed E-state index contributed by atoms with van der Waals surface area (Å²) in [5.41, 5.74) is 2.42. The maximum Gasteiger partial charge on any atom is 0.261 e. The van der Waals surface area contributed by atoms with E-state index in [1.54, 1.807) is 11.3 Å². The highest BCUT2D eigenvalue weighted by molar-refractivity contribution is 9.11. The van der Waals surface area contributed by atoms with Gasteiger partial charge in [-0.25, -0.2) is 0 Å². The van der Waals surface area contributed by atoms with E-state index in [9.17, 15) is 9.59 Å². The van der Waals surface area contributed by atoms with Gasteiger partial charge in [0, 0.05) is 6.54 Å². The van der Waals surface area contributed by atoms with E-state index in [4.69, 9.17) is 0 Å². The fourth-order valence-electron chi connectivity index (χ4n) is 4.20. The van der Waals surface area contributed by atoms with Crippen LogP contribution in [-0.4, -0.2) is 23.3 Å². The number of hydrogen-bond donors (Lipinski definition) is 1. The van der Waals surface area contributed by atoms with Crippen LogP contribution in [0.5, 0.6) is 0 Å². The Morgan fingerprint density at radius 3 is 2.16 bits per heavy atom. The third kappa shape index (κ3) is 4.56. The average Bonchev–Trinajstić information content (AvgIpc) is 3.52. The van der Waals surface area contributed by atoms with Crippen LogP contribution in [0.2, 0.25) is 0 Å². The molecule has 0 fully saturated rings. The lowest BCUT2D eigenvalue weighted by Crippen LogP contribution is -2.32. The van der Waals surface area contributed by atoms with Crippen LogP contribution in [0, 0.1) is 11.8 Å². The van der Waals surface area contributed by atoms with E-state index in [1.165, 1.54) is 17.8 Å². The van der Waals surface area contributed by atoms with Gasteiger partial charge in [0.05, 0.1) is 39.9 Å². The van der Waals surface area contributed by atoms with Crippen LogP contribution in [0.4, 0.5) is 0 Å². The first kappa shape index (κ1) is 23.9. The van der Waals surface area contributed by atoms with Crippen LogP contribution in [0.3, 0.4) is 0 Å². The summed E-state index contributed by atoms with van der Waals surface area (Å²) in [6.45, 7) is 7.34. The van der Waals surface area contributed by atoms with Gasteiger partial charge in [-0.2, -0.15) is 0 Å². The van der Waals surface area contributed by atoms with E-state index in [0.29, 0.717) is 35.2 Å². The monoisotopic (exact) mass is 596 g/mol. The van der Waals surface area contributed by atoms with Gasteiger partial charge in [0.25, 0.3) is 11.8 Å². The van der Waals surface area contributed by atoms with Gasteiger partial charge in [0.1, 0.15) is 0 Å². The molecule has 0 aromatic carbocycles. The van der Waals surface area contributed by atoms with Gasteiger partial charge in [-0.1, -0.05) is 40.0 Å². The number of fused-ring (bicyclic) bond motifs is 1. The van der Waals surface area contributed by atoms with Crippen molar-refractivity contribution in [2.24, 2.45) is 11.8 Å². The van der Waals surface area contributed by atoms with Gasteiger partial charge in [-0.05, 0) is 74.4 Å². The maximum atomic E-state index is 13.8. The molecule has 32 heavy (non-hydrogen) atoms. The van der Waals surface area contributed by atoms with Crippen molar-refractivity contribution >= 4 is 77.7 Å². The van der Waals surface area contributed by atoms with E-state index >= 15 is 0 Å². The van der Waals surface area contributed by atoms with Crippen molar-refractivity contribution in [3.8, 4) is 0 Å². The summed E-state index contributed by atoms with van der Waals surface area (Å²) in [6.07, 6.45) is 4.42. The zero-order valence-electron chi connectivity index (χ0n) is 18.3. The quantitative estimate of drug-likeness (QED) is 0.330. The summed E-state index contributed by atoms with van der Waals surface area (Å²) >= 11 is 10.1. The molecule has 2 aromatic heterocycles. The van der Waals surface area contributed by atoms with Crippen LogP contribution >= 0.6 is 54.5 Å². The van der Waals surface area contributed by atoms with Crippen LogP contribution in [0.1, 0.15) is 56.2 Å². The largest absolute Gasteiger partial charge is 0.320 e. The molecule has 0 bridgehead atoms. The first-order chi connectivity index (χ1) is 15.3. The summed E-state index contributed by atoms with van der Waals surface area (Å²) in [7, 11) is 0. The molecule has 2 amide bonds. The summed E-state index contributed by atoms with van der Waals surface area (Å²) < 4.78 is 1.95. The Bertz CT molecular complexity index is 1110. The van der Waals surface area contributed by atoms with Crippen molar-refractivity contribution in [1.82, 2.24) is 10.2 Å². The smallest absolute Gasteiger partial charge is 0.261 e. The van der Waals surface area contributed by atoms with E-state index < -0.39 is 0 Å². The summed E-state index contributed by atoms with van der Waals surface area (Å²) in [4.78, 5) is 30.6. The number of nitrogens with zero attached hydrogens (tertiary/aromatic N) is 1. The molecule has 0 saturated heterocycles. The van der Waals surface area contributed by atoms with Crippen molar-refractivity contribution in [2.45, 2.75) is 46.5 Å². The average molecular weight is 598 g/mol. The standard InChI is InChI=1S/C24H26Br2N2O2S2/c1-4-13(3)6-7-14(5-2)12-28-22(16-9-11-18(26)32-16)20-19(24(28)30)21(27-23(20)29)15-8-10-17(25)31-15/h8-11,13-14H,4-7,12H2,1-3H3,(H,27,29). The third-order valence-electron chi connectivity index (χ3n) is 6.34. The Morgan fingerprint density at radius 1 is 0.938 bits per heavy atom. The van der Waals surface area contributed by atoms with Crippen LogP contribution in [0.15, 0.2) is 43.0 Å². The van der Waals surface area contributed by atoms with Gasteiger partial charge in [0.2, 0.25) is 0 Å². The number of thiophene rings is 2. The molecule has 0 spiro atoms. The molecule has 4 heterocycles. The Balaban J connectivity index is 1.76. The molecule has 0 saturated carbocycles. The summed E-state index contributed by atoms with van der Waals surface area (Å²) in [5, 5.41) is 2.98. The molecule has 8 heteroatoms. The van der Waals surface area contributed by atoms with Gasteiger partial charge >= 0.3 is 0 Å². The van der Waals surface area contributed by atoms with Crippen LogP contribution in [0.25, 0.3) is 11.4 Å². The highest BCUT2D eigenvalue weighted by Gasteiger charge is 2.46. The number of amides is 2. The molecular formula is C24H26Br2N2O2S2. The fraction of sp³-hybridized carbons (Fsp3) is 0.417. The number of nitrogens with one attached hydrogen (secondary N) is 1. The van der Waals surface area contributed by atoms with E-state index in [0.717, 1.165) is 42.3 Å². The maximum absolute atomic E-state index is 13.8. The molecule has 170 valence electrons. The van der Waals surface area contributed by atoms with Gasteiger partial charge in [-0.3, -0.25) is 9.59 Å². The van der Waals surface area contributed by atoms with E-state index in [-0.39, 0.29) is 11.8 Å². The summed E-state index contributed by atoms with van der Waals surface area (Å²) in [6, 6.07) is 7.85. The SMILES string of the molecule is CCC(C)CCC(CC)CN1C(=O)C2=C(c3ccc(Br)s3)NC(=O)C2=C1c1ccc(Br)s1. The molecule has 2 unspecified atom stereocenters. The predicted molar refractivity (Wildman–Crippen MR) is 140 cm³/mol. The van der Waals surface area contributed by atoms with Crippen molar-refractivity contribution in [3.05, 3.63) is 52.7 Å². The molecule has 2 aliphatic rings. The highest BCUT2D eigenvalue weighted by atomic mass is 79.9. The lowest BCUT2D eigenvalue weighted by molar-refractivity contribution is -0.123. The third-order valence-corrected chi connectivity index (χ3v) is 9.61. The van der Waals surface area contributed by atoms with E-state index in [2.05, 4.69) is 57.9 Å². The minimum atomic E-state index is -0.192. The molecule has 0 aliphatic carbocycles. The van der Waals surface area contributed by atoms with Gasteiger partial charge in [-0.15, -0.1) is 22.7 Å². The molecule has 4 nitrogen and oxygen atoms in total. The second kappa shape index (κ2) is 9.95. The molecule has 2 atom stereocenters. The predicted octanol–water partition coefficient (Wildman–Crippen LogP) is 7.28. The second-order valence-electron chi connectivity index (χ2n) is 8.42. The number of carbonyl (C=O) groups is 2. The number of rotatable bonds is 9. The molecule has 4 rings (SSSR count). The lowest BCUT2D eigenvalue weighted by atomic mass is 9.93. The van der Waals surface area contributed by atoms with E-state index in [1.807, 2.05) is 29.2 Å². The number of halogens is 2. The van der Waals surface area contributed by atoms with Gasteiger partial charge < -0.3 is 10.2 Å². The van der Waals surface area contributed by atoms with Crippen molar-refractivity contribution in [3.63, 3.8) is 0 Å². The molecule has 2 aromatic rings. The zero-order valence-corrected chi connectivity index (χ0v) is 23.1. The topological polar surface area (TPSA) is 49.4 Å². The van der Waals surface area contributed by atoms with Crippen molar-refractivity contribution < 1.29 is 9.59 Å². The van der Waals surface area contributed by atoms with Gasteiger partial charge in [0.15, 0.2) is 0 Å². The lowest BCUT2D eigenvalue weighted by Gasteiger charge is -2.26. The van der Waals surface area contributed by atoms with Crippen molar-refractivity contribution in [2.75, 3.05) is 6.54 Å². The minimum Gasteiger partial charge on any atom is -0.320 e. The Kier molecular flexibility index (Phi) is 7.44. The molecule has 0 radical (unpaired) electrons. The molecule has 1 N–H and O–H groups in total. The first-order valence-corrected chi connectivity index (χ1v) is 14.2. The molecular weight excluding hydrogens is 572 g/mol.